The molecule has 4 amide bonds. The Bertz CT molecular complexity index is 440. The van der Waals surface area contributed by atoms with Crippen LogP contribution in [0.4, 0.5) is 14.4 Å². The topological polar surface area (TPSA) is 123 Å². The summed E-state index contributed by atoms with van der Waals surface area (Å²) in [6.45, 7) is 10.8. The highest BCUT2D eigenvalue weighted by atomic mass is 16.6. The molecule has 0 spiro atoms. The fourth-order valence-electron chi connectivity index (χ4n) is 1.47. The lowest BCUT2D eigenvalue weighted by atomic mass is 10.2. The number of hydrogen-bond acceptors (Lipinski definition) is 6. The Balaban J connectivity index is 4.34. The summed E-state index contributed by atoms with van der Waals surface area (Å²) >= 11 is 0. The van der Waals surface area contributed by atoms with Gasteiger partial charge < -0.3 is 25.8 Å². The molecule has 0 aromatic rings. The molecule has 9 heteroatoms. The van der Waals surface area contributed by atoms with Crippen molar-refractivity contribution in [3.05, 3.63) is 0 Å². The normalized spacial score (nSPS) is 11.5. The highest BCUT2D eigenvalue weighted by molar-refractivity contribution is 5.91. The highest BCUT2D eigenvalue weighted by Gasteiger charge is 2.26. The summed E-state index contributed by atoms with van der Waals surface area (Å²) in [4.78, 5) is 36.4. The van der Waals surface area contributed by atoms with Gasteiger partial charge in [-0.15, -0.1) is 0 Å². The Labute approximate surface area is 143 Å². The van der Waals surface area contributed by atoms with E-state index < -0.39 is 29.4 Å². The molecule has 4 N–H and O–H groups in total. The average molecular weight is 346 g/mol. The van der Waals surface area contributed by atoms with Crippen molar-refractivity contribution in [2.75, 3.05) is 26.2 Å². The van der Waals surface area contributed by atoms with Crippen molar-refractivity contribution in [2.24, 2.45) is 5.73 Å². The standard InChI is InChI=1S/C15H30N4O5/c1-14(2,3)23-12(21)18-9-8-17-11(20)19(10-7-16)13(22)24-15(4,5)6/h7-10,16H2,1-6H3,(H,17,20)(H,18,21). The summed E-state index contributed by atoms with van der Waals surface area (Å²) in [5, 5.41) is 5.01. The van der Waals surface area contributed by atoms with E-state index in [9.17, 15) is 14.4 Å². The van der Waals surface area contributed by atoms with Crippen LogP contribution in [-0.2, 0) is 9.47 Å². The maximum Gasteiger partial charge on any atom is 0.418 e. The number of nitrogens with one attached hydrogen (secondary N) is 2. The minimum Gasteiger partial charge on any atom is -0.444 e. The van der Waals surface area contributed by atoms with Crippen LogP contribution >= 0.6 is 0 Å². The van der Waals surface area contributed by atoms with Gasteiger partial charge in [-0.3, -0.25) is 0 Å². The van der Waals surface area contributed by atoms with E-state index >= 15 is 0 Å². The molecule has 0 heterocycles. The Morgan fingerprint density at radius 3 is 1.88 bits per heavy atom. The van der Waals surface area contributed by atoms with Crippen molar-refractivity contribution in [2.45, 2.75) is 52.7 Å². The summed E-state index contributed by atoms with van der Waals surface area (Å²) in [5.41, 5.74) is 4.10. The molecule has 140 valence electrons. The van der Waals surface area contributed by atoms with Crippen LogP contribution in [0.5, 0.6) is 0 Å². The molecular weight excluding hydrogens is 316 g/mol. The second-order valence-corrected chi connectivity index (χ2v) is 7.08. The monoisotopic (exact) mass is 346 g/mol. The Kier molecular flexibility index (Phi) is 8.52. The number of amides is 4. The highest BCUT2D eigenvalue weighted by Crippen LogP contribution is 2.10. The SMILES string of the molecule is CC(C)(C)OC(=O)NCCNC(=O)N(CCN)C(=O)OC(C)(C)C. The van der Waals surface area contributed by atoms with Gasteiger partial charge in [0.05, 0.1) is 0 Å². The summed E-state index contributed by atoms with van der Waals surface area (Å²) in [5.74, 6) is 0. The Hall–Kier alpha value is -2.03. The van der Waals surface area contributed by atoms with Crippen molar-refractivity contribution in [1.82, 2.24) is 15.5 Å². The van der Waals surface area contributed by atoms with E-state index in [1.165, 1.54) is 0 Å². The Morgan fingerprint density at radius 2 is 1.42 bits per heavy atom. The molecular formula is C15H30N4O5. The zero-order valence-electron chi connectivity index (χ0n) is 15.4. The largest absolute Gasteiger partial charge is 0.444 e. The van der Waals surface area contributed by atoms with Gasteiger partial charge in [0.2, 0.25) is 0 Å². The van der Waals surface area contributed by atoms with Crippen molar-refractivity contribution in [3.8, 4) is 0 Å². The number of urea groups is 1. The number of carbonyl (C=O) groups is 3. The van der Waals surface area contributed by atoms with Gasteiger partial charge in [0.25, 0.3) is 0 Å². The molecule has 0 saturated carbocycles. The van der Waals surface area contributed by atoms with Gasteiger partial charge in [0, 0.05) is 26.2 Å². The molecule has 0 fully saturated rings. The molecule has 0 aliphatic heterocycles. The number of ether oxygens (including phenoxy) is 2. The number of imide groups is 1. The van der Waals surface area contributed by atoms with E-state index in [4.69, 9.17) is 15.2 Å². The molecule has 0 aromatic carbocycles. The predicted octanol–water partition coefficient (Wildman–Crippen LogP) is 1.42. The molecule has 0 radical (unpaired) electrons. The van der Waals surface area contributed by atoms with Crippen LogP contribution in [-0.4, -0.2) is 60.5 Å². The van der Waals surface area contributed by atoms with E-state index in [1.807, 2.05) is 0 Å². The number of carbonyl (C=O) groups excluding carboxylic acids is 3. The summed E-state index contributed by atoms with van der Waals surface area (Å²) in [6, 6.07) is -0.638. The first-order valence-corrected chi connectivity index (χ1v) is 7.81. The van der Waals surface area contributed by atoms with Crippen LogP contribution in [0.3, 0.4) is 0 Å². The van der Waals surface area contributed by atoms with Crippen molar-refractivity contribution in [1.29, 1.82) is 0 Å². The summed E-state index contributed by atoms with van der Waals surface area (Å²) in [7, 11) is 0. The first kappa shape index (κ1) is 22.0. The molecule has 0 aliphatic rings. The van der Waals surface area contributed by atoms with Gasteiger partial charge in [0.15, 0.2) is 0 Å². The molecule has 0 saturated heterocycles. The van der Waals surface area contributed by atoms with Crippen LogP contribution in [0.25, 0.3) is 0 Å². The lowest BCUT2D eigenvalue weighted by Crippen LogP contribution is -2.49. The maximum absolute atomic E-state index is 12.0. The summed E-state index contributed by atoms with van der Waals surface area (Å²) in [6.07, 6.45) is -1.35. The number of nitrogens with zero attached hydrogens (tertiary/aromatic N) is 1. The van der Waals surface area contributed by atoms with Gasteiger partial charge in [0.1, 0.15) is 11.2 Å². The third-order valence-electron chi connectivity index (χ3n) is 2.28. The van der Waals surface area contributed by atoms with E-state index in [2.05, 4.69) is 10.6 Å². The first-order valence-electron chi connectivity index (χ1n) is 7.81. The van der Waals surface area contributed by atoms with Crippen LogP contribution in [0.1, 0.15) is 41.5 Å². The van der Waals surface area contributed by atoms with E-state index in [1.54, 1.807) is 41.5 Å². The van der Waals surface area contributed by atoms with Crippen molar-refractivity contribution < 1.29 is 23.9 Å². The minimum atomic E-state index is -0.773. The number of nitrogens with two attached hydrogens (primary N) is 1. The average Bonchev–Trinajstić information content (AvgIpc) is 2.36. The zero-order valence-corrected chi connectivity index (χ0v) is 15.4. The third kappa shape index (κ3) is 10.7. The molecule has 0 aliphatic carbocycles. The molecule has 0 bridgehead atoms. The molecule has 0 atom stereocenters. The van der Waals surface area contributed by atoms with Gasteiger partial charge in [-0.1, -0.05) is 0 Å². The fraction of sp³-hybridized carbons (Fsp3) is 0.800. The van der Waals surface area contributed by atoms with E-state index in [0.29, 0.717) is 0 Å². The van der Waals surface area contributed by atoms with Gasteiger partial charge in [-0.05, 0) is 41.5 Å². The minimum absolute atomic E-state index is 0.0280. The second-order valence-electron chi connectivity index (χ2n) is 7.08. The lowest BCUT2D eigenvalue weighted by molar-refractivity contribution is 0.0323. The van der Waals surface area contributed by atoms with Crippen molar-refractivity contribution >= 4 is 18.2 Å². The fourth-order valence-corrected chi connectivity index (χ4v) is 1.47. The quantitative estimate of drug-likeness (QED) is 0.647. The third-order valence-corrected chi connectivity index (χ3v) is 2.28. The summed E-state index contributed by atoms with van der Waals surface area (Å²) < 4.78 is 10.2. The molecule has 24 heavy (non-hydrogen) atoms. The maximum atomic E-state index is 12.0. The Morgan fingerprint density at radius 1 is 0.917 bits per heavy atom. The van der Waals surface area contributed by atoms with Crippen LogP contribution in [0.15, 0.2) is 0 Å². The van der Waals surface area contributed by atoms with E-state index in [0.717, 1.165) is 4.90 Å². The number of rotatable bonds is 5. The molecule has 0 rings (SSSR count). The van der Waals surface area contributed by atoms with Crippen molar-refractivity contribution in [3.63, 3.8) is 0 Å². The first-order chi connectivity index (χ1) is 10.9. The van der Waals surface area contributed by atoms with E-state index in [-0.39, 0.29) is 26.2 Å². The number of hydrogen-bond donors (Lipinski definition) is 3. The van der Waals surface area contributed by atoms with Crippen LogP contribution in [0.2, 0.25) is 0 Å². The second kappa shape index (κ2) is 9.31. The molecule has 9 nitrogen and oxygen atoms in total. The predicted molar refractivity (Wildman–Crippen MR) is 89.6 cm³/mol. The van der Waals surface area contributed by atoms with Gasteiger partial charge in [-0.25, -0.2) is 19.3 Å². The molecule has 0 unspecified atom stereocenters. The smallest absolute Gasteiger partial charge is 0.418 e. The van der Waals surface area contributed by atoms with Gasteiger partial charge in [-0.2, -0.15) is 0 Å². The van der Waals surface area contributed by atoms with Crippen LogP contribution < -0.4 is 16.4 Å². The number of alkyl carbamates (subject to hydrolysis) is 1. The molecule has 0 aromatic heterocycles. The zero-order chi connectivity index (χ0) is 19.0. The lowest BCUT2D eigenvalue weighted by Gasteiger charge is -2.26. The van der Waals surface area contributed by atoms with Gasteiger partial charge >= 0.3 is 18.2 Å². The van der Waals surface area contributed by atoms with Crippen LogP contribution in [0, 0.1) is 0 Å².